The van der Waals surface area contributed by atoms with E-state index >= 15 is 0 Å². The summed E-state index contributed by atoms with van der Waals surface area (Å²) in [5.74, 6) is -0.558. The van der Waals surface area contributed by atoms with Crippen LogP contribution in [0.1, 0.15) is 21.6 Å². The molecule has 0 unspecified atom stereocenters. The Morgan fingerprint density at radius 2 is 1.72 bits per heavy atom. The summed E-state index contributed by atoms with van der Waals surface area (Å²) < 4.78 is 61.3. The molecule has 5 nitrogen and oxygen atoms in total. The maximum Gasteiger partial charge on any atom is 0.416 e. The highest BCUT2D eigenvalue weighted by atomic mass is 19.4. The van der Waals surface area contributed by atoms with Crippen LogP contribution in [0.4, 0.5) is 23.2 Å². The standard InChI is InChI=1S/C30H19F4N3O2/c31-22-8-4-5-18(13-22)17-37-25-11-9-21(30(32,33)34)14-20(25)15-26(37)28(38)35-23-10-12-27-24(16-23)36-29(39-27)19-6-2-1-3-7-19/h1-16H,17H2,(H,35,38). The van der Waals surface area contributed by atoms with E-state index in [1.54, 1.807) is 28.8 Å². The zero-order valence-electron chi connectivity index (χ0n) is 20.2. The van der Waals surface area contributed by atoms with E-state index in [0.717, 1.165) is 17.7 Å². The Morgan fingerprint density at radius 1 is 0.897 bits per heavy atom. The summed E-state index contributed by atoms with van der Waals surface area (Å²) in [6, 6.07) is 24.9. The van der Waals surface area contributed by atoms with Crippen molar-refractivity contribution in [1.29, 1.82) is 0 Å². The lowest BCUT2D eigenvalue weighted by atomic mass is 10.1. The Labute approximate surface area is 219 Å². The Bertz CT molecular complexity index is 1840. The van der Waals surface area contributed by atoms with Gasteiger partial charge in [-0.15, -0.1) is 0 Å². The average molecular weight is 529 g/mol. The number of nitrogens with zero attached hydrogens (tertiary/aromatic N) is 2. The number of benzene rings is 4. The largest absolute Gasteiger partial charge is 0.436 e. The van der Waals surface area contributed by atoms with Crippen LogP contribution in [0.3, 0.4) is 0 Å². The minimum absolute atomic E-state index is 0.0815. The topological polar surface area (TPSA) is 60.1 Å². The number of rotatable bonds is 5. The Balaban J connectivity index is 1.36. The molecule has 0 bridgehead atoms. The number of fused-ring (bicyclic) bond motifs is 2. The third kappa shape index (κ3) is 4.86. The van der Waals surface area contributed by atoms with Gasteiger partial charge in [0.25, 0.3) is 5.91 Å². The van der Waals surface area contributed by atoms with Gasteiger partial charge in [0.05, 0.1) is 5.56 Å². The highest BCUT2D eigenvalue weighted by Gasteiger charge is 2.31. The number of oxazole rings is 1. The summed E-state index contributed by atoms with van der Waals surface area (Å²) in [6.07, 6.45) is -4.53. The highest BCUT2D eigenvalue weighted by Crippen LogP contribution is 2.33. The van der Waals surface area contributed by atoms with E-state index in [2.05, 4.69) is 10.3 Å². The van der Waals surface area contributed by atoms with Gasteiger partial charge in [-0.05, 0) is 72.3 Å². The van der Waals surface area contributed by atoms with E-state index in [1.807, 2.05) is 30.3 Å². The zero-order valence-corrected chi connectivity index (χ0v) is 20.2. The van der Waals surface area contributed by atoms with Crippen LogP contribution in [-0.4, -0.2) is 15.5 Å². The van der Waals surface area contributed by atoms with Gasteiger partial charge in [0.15, 0.2) is 5.58 Å². The van der Waals surface area contributed by atoms with Gasteiger partial charge in [0.2, 0.25) is 5.89 Å². The normalized spacial score (nSPS) is 11.8. The summed E-state index contributed by atoms with van der Waals surface area (Å²) in [5, 5.41) is 3.05. The molecule has 0 saturated heterocycles. The smallest absolute Gasteiger partial charge is 0.416 e. The Hall–Kier alpha value is -4.92. The lowest BCUT2D eigenvalue weighted by molar-refractivity contribution is -0.137. The highest BCUT2D eigenvalue weighted by molar-refractivity contribution is 6.07. The number of alkyl halides is 3. The molecule has 6 rings (SSSR count). The molecule has 0 radical (unpaired) electrons. The number of hydrogen-bond acceptors (Lipinski definition) is 3. The summed E-state index contributed by atoms with van der Waals surface area (Å²) in [5.41, 5.74) is 2.57. The maximum absolute atomic E-state index is 13.9. The van der Waals surface area contributed by atoms with E-state index in [9.17, 15) is 22.4 Å². The van der Waals surface area contributed by atoms with Crippen LogP contribution >= 0.6 is 0 Å². The van der Waals surface area contributed by atoms with Crippen molar-refractivity contribution in [1.82, 2.24) is 9.55 Å². The first-order chi connectivity index (χ1) is 18.7. The summed E-state index contributed by atoms with van der Waals surface area (Å²) >= 11 is 0. The number of nitrogens with one attached hydrogen (secondary N) is 1. The third-order valence-corrected chi connectivity index (χ3v) is 6.36. The predicted octanol–water partition coefficient (Wildman–Crippen LogP) is 7.91. The van der Waals surface area contributed by atoms with E-state index in [4.69, 9.17) is 4.42 Å². The first kappa shape index (κ1) is 24.4. The van der Waals surface area contributed by atoms with Gasteiger partial charge in [-0.1, -0.05) is 30.3 Å². The van der Waals surface area contributed by atoms with Crippen molar-refractivity contribution in [2.24, 2.45) is 0 Å². The molecule has 0 aliphatic heterocycles. The average Bonchev–Trinajstić information content (AvgIpc) is 3.50. The number of aromatic nitrogens is 2. The molecular formula is C30H19F4N3O2. The predicted molar refractivity (Wildman–Crippen MR) is 140 cm³/mol. The molecule has 4 aromatic carbocycles. The van der Waals surface area contributed by atoms with Crippen molar-refractivity contribution in [3.05, 3.63) is 120 Å². The number of carbonyl (C=O) groups excluding carboxylic acids is 1. The fourth-order valence-electron chi connectivity index (χ4n) is 4.53. The van der Waals surface area contributed by atoms with Crippen LogP contribution < -0.4 is 5.32 Å². The quantitative estimate of drug-likeness (QED) is 0.231. The maximum atomic E-state index is 13.9. The first-order valence-electron chi connectivity index (χ1n) is 12.0. The van der Waals surface area contributed by atoms with Crippen molar-refractivity contribution in [3.8, 4) is 11.5 Å². The van der Waals surface area contributed by atoms with Crippen LogP contribution in [0.5, 0.6) is 0 Å². The Kier molecular flexibility index (Phi) is 5.91. The second kappa shape index (κ2) is 9.43. The van der Waals surface area contributed by atoms with Crippen LogP contribution in [0, 0.1) is 5.82 Å². The van der Waals surface area contributed by atoms with Crippen LogP contribution in [0.25, 0.3) is 33.5 Å². The second-order valence-electron chi connectivity index (χ2n) is 9.04. The molecule has 0 aliphatic carbocycles. The van der Waals surface area contributed by atoms with Gasteiger partial charge in [-0.2, -0.15) is 13.2 Å². The zero-order chi connectivity index (χ0) is 27.1. The van der Waals surface area contributed by atoms with Gasteiger partial charge in [-0.3, -0.25) is 4.79 Å². The molecule has 0 atom stereocenters. The van der Waals surface area contributed by atoms with Gasteiger partial charge >= 0.3 is 6.18 Å². The van der Waals surface area contributed by atoms with Crippen molar-refractivity contribution in [3.63, 3.8) is 0 Å². The summed E-state index contributed by atoms with van der Waals surface area (Å²) in [4.78, 5) is 17.9. The van der Waals surface area contributed by atoms with Crippen LogP contribution in [-0.2, 0) is 12.7 Å². The third-order valence-electron chi connectivity index (χ3n) is 6.36. The number of halogens is 4. The minimum atomic E-state index is -4.53. The van der Waals surface area contributed by atoms with Gasteiger partial charge in [0.1, 0.15) is 17.0 Å². The SMILES string of the molecule is O=C(Nc1ccc2oc(-c3ccccc3)nc2c1)c1cc2cc(C(F)(F)F)ccc2n1Cc1cccc(F)c1. The van der Waals surface area contributed by atoms with Gasteiger partial charge < -0.3 is 14.3 Å². The molecule has 39 heavy (non-hydrogen) atoms. The van der Waals surface area contributed by atoms with Crippen molar-refractivity contribution < 1.29 is 26.8 Å². The molecule has 0 aliphatic rings. The molecule has 194 valence electrons. The summed E-state index contributed by atoms with van der Waals surface area (Å²) in [7, 11) is 0. The van der Waals surface area contributed by atoms with E-state index < -0.39 is 23.5 Å². The molecule has 1 N–H and O–H groups in total. The van der Waals surface area contributed by atoms with Crippen molar-refractivity contribution in [2.75, 3.05) is 5.32 Å². The van der Waals surface area contributed by atoms with E-state index in [0.29, 0.717) is 33.8 Å². The minimum Gasteiger partial charge on any atom is -0.436 e. The van der Waals surface area contributed by atoms with Crippen LogP contribution in [0.2, 0.25) is 0 Å². The monoisotopic (exact) mass is 529 g/mol. The van der Waals surface area contributed by atoms with Crippen LogP contribution in [0.15, 0.2) is 101 Å². The molecule has 0 saturated carbocycles. The molecular weight excluding hydrogens is 510 g/mol. The second-order valence-corrected chi connectivity index (χ2v) is 9.04. The molecule has 0 spiro atoms. The number of amides is 1. The fraction of sp³-hybridized carbons (Fsp3) is 0.0667. The molecule has 0 fully saturated rings. The van der Waals surface area contributed by atoms with E-state index in [-0.39, 0.29) is 17.6 Å². The molecule has 2 aromatic heterocycles. The number of carbonyl (C=O) groups is 1. The summed E-state index contributed by atoms with van der Waals surface area (Å²) in [6.45, 7) is 0.0815. The van der Waals surface area contributed by atoms with Crippen molar-refractivity contribution >= 4 is 33.6 Å². The number of anilines is 1. The fourth-order valence-corrected chi connectivity index (χ4v) is 4.53. The van der Waals surface area contributed by atoms with Gasteiger partial charge in [0, 0.05) is 28.7 Å². The van der Waals surface area contributed by atoms with Crippen molar-refractivity contribution in [2.45, 2.75) is 12.7 Å². The lowest BCUT2D eigenvalue weighted by Crippen LogP contribution is -2.17. The van der Waals surface area contributed by atoms with Gasteiger partial charge in [-0.25, -0.2) is 9.37 Å². The Morgan fingerprint density at radius 3 is 2.49 bits per heavy atom. The molecule has 6 aromatic rings. The van der Waals surface area contributed by atoms with E-state index in [1.165, 1.54) is 30.3 Å². The molecule has 9 heteroatoms. The molecule has 1 amide bonds. The molecule has 2 heterocycles. The number of hydrogen-bond donors (Lipinski definition) is 1. The first-order valence-corrected chi connectivity index (χ1v) is 12.0. The lowest BCUT2D eigenvalue weighted by Gasteiger charge is -2.12.